The number of aliphatic carboxylic acids is 1. The van der Waals surface area contributed by atoms with Gasteiger partial charge in [-0.2, -0.15) is 0 Å². The zero-order valence-electron chi connectivity index (χ0n) is 11.4. The van der Waals surface area contributed by atoms with E-state index < -0.39 is 17.4 Å². The number of urea groups is 1. The number of ether oxygens (including phenoxy) is 1. The summed E-state index contributed by atoms with van der Waals surface area (Å²) in [5.41, 5.74) is -0.230. The van der Waals surface area contributed by atoms with E-state index >= 15 is 0 Å². The lowest BCUT2D eigenvalue weighted by atomic mass is 9.80. The number of halogens is 1. The van der Waals surface area contributed by atoms with Crippen LogP contribution in [0.5, 0.6) is 0 Å². The van der Waals surface area contributed by atoms with Crippen LogP contribution in [0.1, 0.15) is 12.8 Å². The first-order valence-corrected chi connectivity index (χ1v) is 7.72. The second kappa shape index (κ2) is 7.08. The van der Waals surface area contributed by atoms with Crippen LogP contribution in [0.15, 0.2) is 24.3 Å². The van der Waals surface area contributed by atoms with Crippen LogP contribution in [0.25, 0.3) is 0 Å². The molecule has 1 heterocycles. The van der Waals surface area contributed by atoms with Crippen molar-refractivity contribution in [1.29, 1.82) is 0 Å². The number of amides is 2. The number of anilines is 1. The predicted octanol–water partition coefficient (Wildman–Crippen LogP) is 2.29. The molecule has 7 heteroatoms. The average Bonchev–Trinajstić information content (AvgIpc) is 2.48. The Kier molecular flexibility index (Phi) is 5.40. The number of nitrogens with one attached hydrogen (secondary N) is 2. The Bertz CT molecular complexity index is 529. The second-order valence-corrected chi connectivity index (χ2v) is 6.15. The highest BCUT2D eigenvalue weighted by atomic mass is 127. The van der Waals surface area contributed by atoms with E-state index in [0.717, 1.165) is 3.57 Å². The van der Waals surface area contributed by atoms with Gasteiger partial charge in [-0.25, -0.2) is 4.79 Å². The molecule has 1 aliphatic rings. The molecule has 0 bridgehead atoms. The largest absolute Gasteiger partial charge is 0.481 e. The van der Waals surface area contributed by atoms with Gasteiger partial charge in [0.1, 0.15) is 0 Å². The van der Waals surface area contributed by atoms with Crippen molar-refractivity contribution in [3.63, 3.8) is 0 Å². The molecule has 114 valence electrons. The van der Waals surface area contributed by atoms with Gasteiger partial charge in [0.05, 0.1) is 11.1 Å². The second-order valence-electron chi connectivity index (χ2n) is 4.99. The zero-order valence-corrected chi connectivity index (χ0v) is 13.6. The van der Waals surface area contributed by atoms with Crippen molar-refractivity contribution in [1.82, 2.24) is 5.32 Å². The normalized spacial score (nSPS) is 17.0. The third kappa shape index (κ3) is 4.07. The summed E-state index contributed by atoms with van der Waals surface area (Å²) >= 11 is 2.13. The Balaban J connectivity index is 1.93. The Morgan fingerprint density at radius 1 is 1.29 bits per heavy atom. The molecule has 0 saturated carbocycles. The van der Waals surface area contributed by atoms with Gasteiger partial charge >= 0.3 is 12.0 Å². The van der Waals surface area contributed by atoms with Crippen LogP contribution in [-0.2, 0) is 9.53 Å². The summed E-state index contributed by atoms with van der Waals surface area (Å²) in [6.07, 6.45) is 0.816. The summed E-state index contributed by atoms with van der Waals surface area (Å²) in [5, 5.41) is 14.8. The highest BCUT2D eigenvalue weighted by Gasteiger charge is 2.40. The molecule has 6 nitrogen and oxygen atoms in total. The number of benzene rings is 1. The van der Waals surface area contributed by atoms with Crippen LogP contribution < -0.4 is 10.6 Å². The van der Waals surface area contributed by atoms with Crippen molar-refractivity contribution < 1.29 is 19.4 Å². The van der Waals surface area contributed by atoms with E-state index in [4.69, 9.17) is 4.74 Å². The molecule has 0 unspecified atom stereocenters. The van der Waals surface area contributed by atoms with E-state index in [-0.39, 0.29) is 6.54 Å². The monoisotopic (exact) mass is 404 g/mol. The molecular formula is C14H17IN2O4. The van der Waals surface area contributed by atoms with Crippen molar-refractivity contribution in [2.24, 2.45) is 5.41 Å². The number of carbonyl (C=O) groups excluding carboxylic acids is 1. The van der Waals surface area contributed by atoms with E-state index in [9.17, 15) is 14.7 Å². The minimum Gasteiger partial charge on any atom is -0.481 e. The highest BCUT2D eigenvalue weighted by Crippen LogP contribution is 2.30. The molecule has 1 fully saturated rings. The molecule has 2 rings (SSSR count). The lowest BCUT2D eigenvalue weighted by Crippen LogP contribution is -2.47. The van der Waals surface area contributed by atoms with Gasteiger partial charge in [-0.15, -0.1) is 0 Å². The topological polar surface area (TPSA) is 87.7 Å². The summed E-state index contributed by atoms with van der Waals surface area (Å²) in [5.74, 6) is -0.889. The maximum absolute atomic E-state index is 11.9. The molecule has 1 aliphatic heterocycles. The summed E-state index contributed by atoms with van der Waals surface area (Å²) < 4.78 is 6.12. The van der Waals surface area contributed by atoms with E-state index in [1.165, 1.54) is 0 Å². The molecule has 1 aromatic carbocycles. The van der Waals surface area contributed by atoms with Crippen molar-refractivity contribution in [3.8, 4) is 0 Å². The standard InChI is InChI=1S/C14H17IN2O4/c15-10-3-1-2-4-11(10)17-13(20)16-9-14(12(18)19)5-7-21-8-6-14/h1-4H,5-9H2,(H,18,19)(H2,16,17,20). The number of hydrogen-bond acceptors (Lipinski definition) is 3. The van der Waals surface area contributed by atoms with Gasteiger partial charge in [0.25, 0.3) is 0 Å². The van der Waals surface area contributed by atoms with Gasteiger partial charge in [-0.3, -0.25) is 4.79 Å². The van der Waals surface area contributed by atoms with Gasteiger partial charge in [-0.05, 0) is 47.6 Å². The molecule has 1 saturated heterocycles. The summed E-state index contributed by atoms with van der Waals surface area (Å²) in [6, 6.07) is 6.99. The van der Waals surface area contributed by atoms with E-state index in [2.05, 4.69) is 33.2 Å². The van der Waals surface area contributed by atoms with Gasteiger partial charge < -0.3 is 20.5 Å². The van der Waals surface area contributed by atoms with Gasteiger partial charge in [-0.1, -0.05) is 12.1 Å². The fraction of sp³-hybridized carbons (Fsp3) is 0.429. The Morgan fingerprint density at radius 2 is 1.95 bits per heavy atom. The molecular weight excluding hydrogens is 387 g/mol. The zero-order chi connectivity index (χ0) is 15.3. The minimum absolute atomic E-state index is 0.0982. The molecule has 0 atom stereocenters. The first-order chi connectivity index (χ1) is 10.0. The van der Waals surface area contributed by atoms with Crippen LogP contribution in [-0.4, -0.2) is 36.9 Å². The predicted molar refractivity (Wildman–Crippen MR) is 86.3 cm³/mol. The smallest absolute Gasteiger partial charge is 0.319 e. The number of carboxylic acid groups (broad SMARTS) is 1. The van der Waals surface area contributed by atoms with Gasteiger partial charge in [0, 0.05) is 23.3 Å². The van der Waals surface area contributed by atoms with Crippen LogP contribution in [0.3, 0.4) is 0 Å². The Hall–Kier alpha value is -1.35. The maximum atomic E-state index is 11.9. The molecule has 0 spiro atoms. The summed E-state index contributed by atoms with van der Waals surface area (Å²) in [6.45, 7) is 0.916. The number of carbonyl (C=O) groups is 2. The fourth-order valence-electron chi connectivity index (χ4n) is 2.21. The highest BCUT2D eigenvalue weighted by molar-refractivity contribution is 14.1. The quantitative estimate of drug-likeness (QED) is 0.673. The maximum Gasteiger partial charge on any atom is 0.319 e. The molecule has 0 aliphatic carbocycles. The van der Waals surface area contributed by atoms with Crippen molar-refractivity contribution in [2.75, 3.05) is 25.1 Å². The number of hydrogen-bond donors (Lipinski definition) is 3. The fourth-order valence-corrected chi connectivity index (χ4v) is 2.73. The molecule has 21 heavy (non-hydrogen) atoms. The molecule has 1 aromatic rings. The van der Waals surface area contributed by atoms with Crippen LogP contribution >= 0.6 is 22.6 Å². The van der Waals surface area contributed by atoms with Crippen molar-refractivity contribution in [2.45, 2.75) is 12.8 Å². The van der Waals surface area contributed by atoms with E-state index in [1.54, 1.807) is 6.07 Å². The minimum atomic E-state index is -0.931. The van der Waals surface area contributed by atoms with Gasteiger partial charge in [0.2, 0.25) is 0 Å². The number of para-hydroxylation sites is 1. The van der Waals surface area contributed by atoms with Gasteiger partial charge in [0.15, 0.2) is 0 Å². The van der Waals surface area contributed by atoms with E-state index in [0.29, 0.717) is 31.7 Å². The van der Waals surface area contributed by atoms with Crippen LogP contribution in [0.2, 0.25) is 0 Å². The third-order valence-electron chi connectivity index (χ3n) is 3.61. The number of rotatable bonds is 4. The lowest BCUT2D eigenvalue weighted by Gasteiger charge is -2.33. The van der Waals surface area contributed by atoms with Crippen molar-refractivity contribution >= 4 is 40.3 Å². The summed E-state index contributed by atoms with van der Waals surface area (Å²) in [4.78, 5) is 23.4. The summed E-state index contributed by atoms with van der Waals surface area (Å²) in [7, 11) is 0. The molecule has 0 aromatic heterocycles. The number of carboxylic acids is 1. The van der Waals surface area contributed by atoms with E-state index in [1.807, 2.05) is 18.2 Å². The first kappa shape index (κ1) is 16.0. The van der Waals surface area contributed by atoms with Crippen molar-refractivity contribution in [3.05, 3.63) is 27.8 Å². The first-order valence-electron chi connectivity index (χ1n) is 6.64. The average molecular weight is 404 g/mol. The molecule has 3 N–H and O–H groups in total. The Labute approximate surface area is 136 Å². The third-order valence-corrected chi connectivity index (χ3v) is 4.55. The Morgan fingerprint density at radius 3 is 2.57 bits per heavy atom. The van der Waals surface area contributed by atoms with Crippen LogP contribution in [0.4, 0.5) is 10.5 Å². The molecule has 2 amide bonds. The molecule has 0 radical (unpaired) electrons. The van der Waals surface area contributed by atoms with Crippen LogP contribution in [0, 0.1) is 8.99 Å². The lowest BCUT2D eigenvalue weighted by molar-refractivity contribution is -0.154. The SMILES string of the molecule is O=C(NCC1(C(=O)O)CCOCC1)Nc1ccccc1I.